The van der Waals surface area contributed by atoms with Gasteiger partial charge in [0.05, 0.1) is 18.4 Å². The first-order valence-corrected chi connectivity index (χ1v) is 8.81. The van der Waals surface area contributed by atoms with Gasteiger partial charge in [-0.25, -0.2) is 9.48 Å². The van der Waals surface area contributed by atoms with E-state index in [-0.39, 0.29) is 25.6 Å². The van der Waals surface area contributed by atoms with Gasteiger partial charge in [0, 0.05) is 5.92 Å². The zero-order valence-corrected chi connectivity index (χ0v) is 14.9. The number of ether oxygens (including phenoxy) is 1. The normalized spacial score (nSPS) is 12.3. The van der Waals surface area contributed by atoms with Crippen molar-refractivity contribution in [1.82, 2.24) is 20.3 Å². The zero-order valence-electron chi connectivity index (χ0n) is 14.9. The molecule has 0 unspecified atom stereocenters. The van der Waals surface area contributed by atoms with Gasteiger partial charge in [-0.05, 0) is 22.3 Å². The maximum Gasteiger partial charge on any atom is 0.407 e. The van der Waals surface area contributed by atoms with E-state index in [2.05, 4.69) is 39.9 Å². The topological polar surface area (TPSA) is 106 Å². The van der Waals surface area contributed by atoms with Gasteiger partial charge in [-0.3, -0.25) is 4.79 Å². The lowest BCUT2D eigenvalue weighted by atomic mass is 9.98. The lowest BCUT2D eigenvalue weighted by molar-refractivity contribution is -0.138. The number of aliphatic carboxylic acids is 1. The number of amides is 1. The number of hydrogen-bond donors (Lipinski definition) is 2. The molecule has 0 spiro atoms. The Bertz CT molecular complexity index is 985. The van der Waals surface area contributed by atoms with Crippen molar-refractivity contribution in [3.8, 4) is 11.1 Å². The molecule has 3 aromatic rings. The Morgan fingerprint density at radius 1 is 1.07 bits per heavy atom. The van der Waals surface area contributed by atoms with Crippen LogP contribution in [0.25, 0.3) is 11.1 Å². The molecule has 0 saturated carbocycles. The number of carboxylic acid groups (broad SMARTS) is 1. The highest BCUT2D eigenvalue weighted by molar-refractivity contribution is 5.79. The van der Waals surface area contributed by atoms with Crippen molar-refractivity contribution < 1.29 is 19.4 Å². The summed E-state index contributed by atoms with van der Waals surface area (Å²) in [5.74, 6) is -1.05. The molecule has 8 heteroatoms. The van der Waals surface area contributed by atoms with Gasteiger partial charge in [0.25, 0.3) is 0 Å². The van der Waals surface area contributed by atoms with Crippen LogP contribution >= 0.6 is 0 Å². The fraction of sp³-hybridized carbons (Fsp3) is 0.200. The fourth-order valence-corrected chi connectivity index (χ4v) is 3.49. The lowest BCUT2D eigenvalue weighted by Crippen LogP contribution is -2.27. The number of aromatic nitrogens is 3. The second-order valence-corrected chi connectivity index (χ2v) is 6.46. The molecular weight excluding hydrogens is 360 g/mol. The van der Waals surface area contributed by atoms with Gasteiger partial charge in [0.15, 0.2) is 0 Å². The Labute approximate surface area is 160 Å². The molecule has 0 fully saturated rings. The van der Waals surface area contributed by atoms with E-state index in [1.807, 2.05) is 24.3 Å². The summed E-state index contributed by atoms with van der Waals surface area (Å²) < 4.78 is 6.66. The minimum Gasteiger partial charge on any atom is -0.480 e. The monoisotopic (exact) mass is 378 g/mol. The summed E-state index contributed by atoms with van der Waals surface area (Å²) in [5.41, 5.74) is 5.09. The van der Waals surface area contributed by atoms with Crippen molar-refractivity contribution in [1.29, 1.82) is 0 Å². The molecule has 1 aliphatic carbocycles. The van der Waals surface area contributed by atoms with E-state index in [0.717, 1.165) is 22.3 Å². The van der Waals surface area contributed by atoms with Crippen LogP contribution in [0, 0.1) is 0 Å². The number of benzene rings is 2. The van der Waals surface area contributed by atoms with Crippen LogP contribution in [0.2, 0.25) is 0 Å². The van der Waals surface area contributed by atoms with Crippen LogP contribution in [0.3, 0.4) is 0 Å². The maximum absolute atomic E-state index is 12.2. The number of fused-ring (bicyclic) bond motifs is 3. The molecule has 0 bridgehead atoms. The Morgan fingerprint density at radius 3 is 2.36 bits per heavy atom. The Kier molecular flexibility index (Phi) is 4.76. The van der Waals surface area contributed by atoms with E-state index < -0.39 is 12.1 Å². The number of nitrogens with zero attached hydrogens (tertiary/aromatic N) is 3. The number of carbonyl (C=O) groups excluding carboxylic acids is 1. The molecule has 142 valence electrons. The van der Waals surface area contributed by atoms with E-state index >= 15 is 0 Å². The van der Waals surface area contributed by atoms with Gasteiger partial charge in [-0.1, -0.05) is 53.7 Å². The highest BCUT2D eigenvalue weighted by atomic mass is 16.5. The molecule has 1 aromatic heterocycles. The summed E-state index contributed by atoms with van der Waals surface area (Å²) in [4.78, 5) is 23.0. The maximum atomic E-state index is 12.2. The third-order valence-electron chi connectivity index (χ3n) is 4.74. The van der Waals surface area contributed by atoms with Gasteiger partial charge in [-0.2, -0.15) is 0 Å². The van der Waals surface area contributed by atoms with Gasteiger partial charge in [-0.15, -0.1) is 5.10 Å². The standard InChI is InChI=1S/C20H18N4O4/c25-19(26)11-24-13(10-22-23-24)9-21-20(27)28-12-18-16-7-3-1-5-14(16)15-6-2-4-8-17(15)18/h1-8,10,18H,9,11-12H2,(H,21,27)(H,25,26). The average molecular weight is 378 g/mol. The number of carbonyl (C=O) groups is 2. The molecule has 0 atom stereocenters. The molecule has 2 aromatic carbocycles. The zero-order chi connectivity index (χ0) is 19.5. The molecule has 0 saturated heterocycles. The summed E-state index contributed by atoms with van der Waals surface area (Å²) in [6.07, 6.45) is 0.831. The second kappa shape index (κ2) is 7.51. The molecule has 1 heterocycles. The smallest absolute Gasteiger partial charge is 0.407 e. The lowest BCUT2D eigenvalue weighted by Gasteiger charge is -2.14. The molecule has 1 aliphatic rings. The summed E-state index contributed by atoms with van der Waals surface area (Å²) in [5, 5.41) is 18.8. The number of hydrogen-bond acceptors (Lipinski definition) is 5. The third kappa shape index (κ3) is 3.44. The van der Waals surface area contributed by atoms with Crippen molar-refractivity contribution in [3.05, 3.63) is 71.5 Å². The van der Waals surface area contributed by atoms with Crippen LogP contribution in [-0.4, -0.2) is 38.8 Å². The minimum absolute atomic E-state index is 0.0163. The number of alkyl carbamates (subject to hydrolysis) is 1. The second-order valence-electron chi connectivity index (χ2n) is 6.46. The predicted molar refractivity (Wildman–Crippen MR) is 99.6 cm³/mol. The van der Waals surface area contributed by atoms with Gasteiger partial charge >= 0.3 is 12.1 Å². The quantitative estimate of drug-likeness (QED) is 0.682. The van der Waals surface area contributed by atoms with Crippen molar-refractivity contribution >= 4 is 12.1 Å². The third-order valence-corrected chi connectivity index (χ3v) is 4.74. The molecular formula is C20H18N4O4. The number of carboxylic acids is 1. The first-order chi connectivity index (χ1) is 13.6. The SMILES string of the molecule is O=C(O)Cn1nncc1CNC(=O)OCC1c2ccccc2-c2ccccc21. The summed E-state index contributed by atoms with van der Waals surface area (Å²) in [6.45, 7) is -0.0227. The largest absolute Gasteiger partial charge is 0.480 e. The van der Waals surface area contributed by atoms with Gasteiger partial charge in [0.2, 0.25) is 0 Å². The molecule has 4 rings (SSSR count). The van der Waals surface area contributed by atoms with Crippen molar-refractivity contribution in [3.63, 3.8) is 0 Å². The number of rotatable bonds is 6. The van der Waals surface area contributed by atoms with E-state index in [9.17, 15) is 9.59 Å². The van der Waals surface area contributed by atoms with E-state index in [1.54, 1.807) is 0 Å². The van der Waals surface area contributed by atoms with Crippen LogP contribution in [0.15, 0.2) is 54.7 Å². The Balaban J connectivity index is 1.39. The minimum atomic E-state index is -1.03. The van der Waals surface area contributed by atoms with Gasteiger partial charge in [0.1, 0.15) is 13.2 Å². The van der Waals surface area contributed by atoms with Crippen molar-refractivity contribution in [2.75, 3.05) is 6.61 Å². The Morgan fingerprint density at radius 2 is 1.71 bits per heavy atom. The van der Waals surface area contributed by atoms with E-state index in [4.69, 9.17) is 9.84 Å². The highest BCUT2D eigenvalue weighted by Gasteiger charge is 2.28. The first kappa shape index (κ1) is 17.7. The summed E-state index contributed by atoms with van der Waals surface area (Å²) in [7, 11) is 0. The predicted octanol–water partition coefficient (Wildman–Crippen LogP) is 2.40. The van der Waals surface area contributed by atoms with Crippen LogP contribution in [-0.2, 0) is 22.6 Å². The number of nitrogens with one attached hydrogen (secondary N) is 1. The molecule has 1 amide bonds. The van der Waals surface area contributed by atoms with Crippen LogP contribution in [0.1, 0.15) is 22.7 Å². The van der Waals surface area contributed by atoms with Crippen LogP contribution in [0.4, 0.5) is 4.79 Å². The van der Waals surface area contributed by atoms with Crippen LogP contribution in [0.5, 0.6) is 0 Å². The first-order valence-electron chi connectivity index (χ1n) is 8.81. The van der Waals surface area contributed by atoms with Crippen molar-refractivity contribution in [2.24, 2.45) is 0 Å². The van der Waals surface area contributed by atoms with Gasteiger partial charge < -0.3 is 15.2 Å². The summed E-state index contributed by atoms with van der Waals surface area (Å²) in [6, 6.07) is 16.2. The molecule has 8 nitrogen and oxygen atoms in total. The van der Waals surface area contributed by atoms with Crippen LogP contribution < -0.4 is 5.32 Å². The van der Waals surface area contributed by atoms with E-state index in [0.29, 0.717) is 5.69 Å². The molecule has 28 heavy (non-hydrogen) atoms. The Hall–Kier alpha value is -3.68. The fourth-order valence-electron chi connectivity index (χ4n) is 3.49. The average Bonchev–Trinajstić information content (AvgIpc) is 3.26. The van der Waals surface area contributed by atoms with Crippen molar-refractivity contribution in [2.45, 2.75) is 19.0 Å². The molecule has 0 aliphatic heterocycles. The summed E-state index contributed by atoms with van der Waals surface area (Å²) >= 11 is 0. The molecule has 2 N–H and O–H groups in total. The molecule has 0 radical (unpaired) electrons. The highest BCUT2D eigenvalue weighted by Crippen LogP contribution is 2.44. The van der Waals surface area contributed by atoms with E-state index in [1.165, 1.54) is 10.9 Å².